The molecule has 3 aromatic rings. The number of benzene rings is 1. The highest BCUT2D eigenvalue weighted by molar-refractivity contribution is 5.98. The quantitative estimate of drug-likeness (QED) is 0.0321. The van der Waals surface area contributed by atoms with E-state index in [9.17, 15) is 99.3 Å². The highest BCUT2D eigenvalue weighted by Crippen LogP contribution is 2.14. The lowest BCUT2D eigenvalue weighted by molar-refractivity contribution is -0.147. The number of nitrogen functional groups attached to an aromatic ring is 1. The molecule has 31 nitrogen and oxygen atoms in total. The molecule has 5 amide bonds. The fourth-order valence-electron chi connectivity index (χ4n) is 6.18. The molecular weight excluding hydrogens is 942 g/mol. The van der Waals surface area contributed by atoms with Gasteiger partial charge in [-0.05, 0) is 37.1 Å². The molecule has 0 spiro atoms. The second kappa shape index (κ2) is 26.3. The van der Waals surface area contributed by atoms with Crippen LogP contribution in [0.15, 0.2) is 35.3 Å². The summed E-state index contributed by atoms with van der Waals surface area (Å²) in [6, 6.07) is -5.22. The summed E-state index contributed by atoms with van der Waals surface area (Å²) in [5, 5.41) is 122. The van der Waals surface area contributed by atoms with Crippen LogP contribution in [-0.4, -0.2) is 204 Å². The van der Waals surface area contributed by atoms with Crippen molar-refractivity contribution in [3.8, 4) is 0 Å². The molecule has 0 aliphatic rings. The number of nitrogens with two attached hydrogens (primary N) is 1. The van der Waals surface area contributed by atoms with Gasteiger partial charge in [0.2, 0.25) is 29.6 Å². The van der Waals surface area contributed by atoms with Crippen LogP contribution in [0, 0.1) is 0 Å². The topological polar surface area (TPSA) is 529 Å². The first-order valence-corrected chi connectivity index (χ1v) is 20.8. The van der Waals surface area contributed by atoms with Gasteiger partial charge < -0.3 is 93.8 Å². The number of H-pyrrole nitrogens is 1. The standard InChI is InChI=1S/C39H53N11O20/c1-2-17(37(67)68)44-35(65)25(30(61)28(59)21(54)13-52)48-33(63)19(9-23(56)57)46-34(64)24(29(60)27(58)20(53)12-51)47-22(55)8-7-18(38(69)70)45-32(62)14-3-5-15(6-4-14)41-10-16-11-42-31-26(43-16)36(66)50-39(40)49-31/h3-6,11,17-21,24-25,27-30,41,51-54,58-61H,2,7-10,12-13H2,1H3,(H,44,65)(H,45,62)(H,46,64)(H,47,55)(H,48,63)(H,56,57)(H,67,68)(H,69,70)(H3,40,42,49,50,66)/t17-,18-,19-,20+,21+,24-,25-,27+,28+,29+,30+/m0/s1. The highest BCUT2D eigenvalue weighted by atomic mass is 16.4. The maximum atomic E-state index is 13.6. The molecule has 0 saturated heterocycles. The van der Waals surface area contributed by atoms with Crippen LogP contribution in [0.25, 0.3) is 11.2 Å². The number of hydrogen-bond acceptors (Lipinski definition) is 22. The van der Waals surface area contributed by atoms with Gasteiger partial charge in [-0.25, -0.2) is 19.6 Å². The SMILES string of the molecule is CC[C@H](NC(=O)[C@@H](NC(=O)[C@H](CC(=O)O)NC(=O)[C@@H](NC(=O)CC[C@H](NC(=O)c1ccc(NCc2cnc3nc(N)[nH]c(=O)c3n2)cc1)C(=O)O)[C@@H](O)[C@H](O)[C@H](O)CO)[C@@H](O)[C@H](O)[C@H](O)CO)C(=O)O. The van der Waals surface area contributed by atoms with E-state index in [0.29, 0.717) is 11.4 Å². The van der Waals surface area contributed by atoms with E-state index >= 15 is 0 Å². The van der Waals surface area contributed by atoms with Crippen molar-refractivity contribution in [3.05, 3.63) is 52.1 Å². The Hall–Kier alpha value is -7.52. The van der Waals surface area contributed by atoms with E-state index in [-0.39, 0.29) is 35.6 Å². The zero-order valence-corrected chi connectivity index (χ0v) is 36.7. The number of rotatable bonds is 28. The first kappa shape index (κ1) is 56.8. The van der Waals surface area contributed by atoms with Crippen LogP contribution in [0.4, 0.5) is 11.6 Å². The van der Waals surface area contributed by atoms with E-state index < -0.39 is 152 Å². The molecule has 31 heteroatoms. The fraction of sp³-hybridized carbons (Fsp3) is 0.487. The van der Waals surface area contributed by atoms with Crippen molar-refractivity contribution in [2.45, 2.75) is 106 Å². The van der Waals surface area contributed by atoms with Crippen LogP contribution >= 0.6 is 0 Å². The number of aromatic nitrogens is 4. The Labute approximate surface area is 393 Å². The largest absolute Gasteiger partial charge is 0.481 e. The summed E-state index contributed by atoms with van der Waals surface area (Å²) in [5.74, 6) is -12.3. The number of aromatic amines is 1. The Morgan fingerprint density at radius 2 is 1.23 bits per heavy atom. The minimum absolute atomic E-state index is 0.0271. The third kappa shape index (κ3) is 16.0. The van der Waals surface area contributed by atoms with Gasteiger partial charge in [-0.3, -0.25) is 38.5 Å². The van der Waals surface area contributed by atoms with E-state index in [1.165, 1.54) is 37.4 Å². The van der Waals surface area contributed by atoms with Gasteiger partial charge in [0.1, 0.15) is 66.8 Å². The predicted octanol–water partition coefficient (Wildman–Crippen LogP) is -8.07. The number of nitrogens with zero attached hydrogens (tertiary/aromatic N) is 3. The smallest absolute Gasteiger partial charge is 0.326 e. The van der Waals surface area contributed by atoms with E-state index in [2.05, 4.69) is 30.6 Å². The van der Waals surface area contributed by atoms with Crippen LogP contribution in [-0.2, 0) is 40.1 Å². The van der Waals surface area contributed by atoms with E-state index in [4.69, 9.17) is 5.73 Å². The fourth-order valence-corrected chi connectivity index (χ4v) is 6.18. The lowest BCUT2D eigenvalue weighted by Crippen LogP contribution is -2.64. The summed E-state index contributed by atoms with van der Waals surface area (Å²) >= 11 is 0. The highest BCUT2D eigenvalue weighted by Gasteiger charge is 2.42. The number of fused-ring (bicyclic) bond motifs is 1. The molecule has 0 aliphatic carbocycles. The molecule has 0 bridgehead atoms. The normalized spacial score (nSPS) is 16.0. The van der Waals surface area contributed by atoms with Gasteiger partial charge in [0.15, 0.2) is 11.2 Å². The summed E-state index contributed by atoms with van der Waals surface area (Å²) < 4.78 is 0. The summed E-state index contributed by atoms with van der Waals surface area (Å²) in [6.07, 6.45) is -16.2. The summed E-state index contributed by atoms with van der Waals surface area (Å²) in [5.41, 5.74) is 5.61. The van der Waals surface area contributed by atoms with Crippen molar-refractivity contribution in [3.63, 3.8) is 0 Å². The average Bonchev–Trinajstić information content (AvgIpc) is 3.32. The Morgan fingerprint density at radius 3 is 1.74 bits per heavy atom. The molecule has 11 atom stereocenters. The maximum Gasteiger partial charge on any atom is 0.326 e. The minimum Gasteiger partial charge on any atom is -0.481 e. The average molecular weight is 996 g/mol. The molecule has 20 N–H and O–H groups in total. The van der Waals surface area contributed by atoms with Crippen molar-refractivity contribution in [2.24, 2.45) is 0 Å². The zero-order valence-electron chi connectivity index (χ0n) is 36.7. The predicted molar refractivity (Wildman–Crippen MR) is 232 cm³/mol. The first-order chi connectivity index (χ1) is 32.9. The van der Waals surface area contributed by atoms with Crippen LogP contribution < -0.4 is 43.2 Å². The van der Waals surface area contributed by atoms with Crippen LogP contribution in [0.5, 0.6) is 0 Å². The van der Waals surface area contributed by atoms with Crippen molar-refractivity contribution in [2.75, 3.05) is 24.3 Å². The van der Waals surface area contributed by atoms with Gasteiger partial charge in [-0.1, -0.05) is 6.92 Å². The number of carboxylic acid groups (broad SMARTS) is 3. The van der Waals surface area contributed by atoms with Gasteiger partial charge in [-0.2, -0.15) is 4.98 Å². The molecule has 1 aromatic carbocycles. The molecule has 0 unspecified atom stereocenters. The van der Waals surface area contributed by atoms with E-state index in [1.807, 2.05) is 16.0 Å². The van der Waals surface area contributed by atoms with Crippen molar-refractivity contribution < 1.29 is 94.5 Å². The van der Waals surface area contributed by atoms with Crippen LogP contribution in [0.2, 0.25) is 0 Å². The number of aliphatic hydroxyl groups excluding tert-OH is 8. The van der Waals surface area contributed by atoms with Gasteiger partial charge in [0.25, 0.3) is 11.5 Å². The molecule has 384 valence electrons. The molecule has 70 heavy (non-hydrogen) atoms. The van der Waals surface area contributed by atoms with E-state index in [0.717, 1.165) is 0 Å². The lowest BCUT2D eigenvalue weighted by Gasteiger charge is -2.32. The Balaban J connectivity index is 1.77. The van der Waals surface area contributed by atoms with Crippen molar-refractivity contribution >= 4 is 70.2 Å². The number of amides is 5. The van der Waals surface area contributed by atoms with Crippen molar-refractivity contribution in [1.82, 2.24) is 46.5 Å². The molecule has 0 fully saturated rings. The van der Waals surface area contributed by atoms with Gasteiger partial charge in [-0.15, -0.1) is 0 Å². The Morgan fingerprint density at radius 1 is 0.686 bits per heavy atom. The molecule has 0 aliphatic heterocycles. The summed E-state index contributed by atoms with van der Waals surface area (Å²) in [6.45, 7) is -1.06. The van der Waals surface area contributed by atoms with Crippen LogP contribution in [0.1, 0.15) is 48.7 Å². The number of aliphatic hydroxyl groups is 8. The number of carboxylic acids is 3. The first-order valence-electron chi connectivity index (χ1n) is 20.8. The third-order valence-electron chi connectivity index (χ3n) is 10.1. The number of aliphatic carboxylic acids is 3. The second-order valence-corrected chi connectivity index (χ2v) is 15.3. The third-order valence-corrected chi connectivity index (χ3v) is 10.1. The van der Waals surface area contributed by atoms with Crippen molar-refractivity contribution in [1.29, 1.82) is 0 Å². The minimum atomic E-state index is -2.59. The van der Waals surface area contributed by atoms with Gasteiger partial charge in [0, 0.05) is 17.7 Å². The Kier molecular flexibility index (Phi) is 21.3. The number of nitrogens with one attached hydrogen (secondary N) is 7. The zero-order chi connectivity index (χ0) is 52.6. The molecule has 3 rings (SSSR count). The Bertz CT molecular complexity index is 2410. The lowest BCUT2D eigenvalue weighted by atomic mass is 9.98. The van der Waals surface area contributed by atoms with Crippen LogP contribution in [0.3, 0.4) is 0 Å². The number of anilines is 2. The van der Waals surface area contributed by atoms with Gasteiger partial charge in [0.05, 0.1) is 38.1 Å². The molecular formula is C39H53N11O20. The monoisotopic (exact) mass is 995 g/mol. The van der Waals surface area contributed by atoms with E-state index in [1.54, 1.807) is 5.32 Å². The molecule has 0 radical (unpaired) electrons. The number of carbonyl (C=O) groups is 8. The molecule has 2 aromatic heterocycles. The maximum absolute atomic E-state index is 13.6. The number of carbonyl (C=O) groups excluding carboxylic acids is 5. The molecule has 0 saturated carbocycles. The van der Waals surface area contributed by atoms with Gasteiger partial charge >= 0.3 is 17.9 Å². The summed E-state index contributed by atoms with van der Waals surface area (Å²) in [4.78, 5) is 129. The second-order valence-electron chi connectivity index (χ2n) is 15.3. The molecule has 2 heterocycles. The summed E-state index contributed by atoms with van der Waals surface area (Å²) in [7, 11) is 0. The number of hydrogen-bond donors (Lipinski definition) is 19.